The Hall–Kier alpha value is -1.29. The molecule has 0 atom stereocenters. The number of carbonyl (C=O) groups is 1. The standard InChI is InChI=1S/C11H14FNO2/c1-2-4-15-5-3-11(14)9-6-10(12)8-13-7-9/h6-8H,2-5H2,1H3. The van der Waals surface area contributed by atoms with Crippen LogP contribution < -0.4 is 0 Å². The minimum atomic E-state index is -0.490. The van der Waals surface area contributed by atoms with Crippen molar-refractivity contribution in [3.63, 3.8) is 0 Å². The van der Waals surface area contributed by atoms with E-state index in [1.54, 1.807) is 0 Å². The van der Waals surface area contributed by atoms with Gasteiger partial charge in [0.25, 0.3) is 0 Å². The molecule has 0 unspecified atom stereocenters. The highest BCUT2D eigenvalue weighted by Gasteiger charge is 2.06. The Morgan fingerprint density at radius 1 is 1.47 bits per heavy atom. The van der Waals surface area contributed by atoms with E-state index in [4.69, 9.17) is 4.74 Å². The van der Waals surface area contributed by atoms with Crippen molar-refractivity contribution in [2.75, 3.05) is 13.2 Å². The first-order valence-corrected chi connectivity index (χ1v) is 4.95. The molecule has 3 nitrogen and oxygen atoms in total. The molecule has 0 saturated heterocycles. The number of rotatable bonds is 6. The van der Waals surface area contributed by atoms with Gasteiger partial charge >= 0.3 is 0 Å². The maximum absolute atomic E-state index is 12.7. The fraction of sp³-hybridized carbons (Fsp3) is 0.455. The van der Waals surface area contributed by atoms with Crippen molar-refractivity contribution >= 4 is 5.78 Å². The lowest BCUT2D eigenvalue weighted by Gasteiger charge is -2.02. The molecule has 0 aliphatic rings. The topological polar surface area (TPSA) is 39.2 Å². The summed E-state index contributed by atoms with van der Waals surface area (Å²) in [5.74, 6) is -0.631. The summed E-state index contributed by atoms with van der Waals surface area (Å²) in [6, 6.07) is 1.19. The molecule has 1 aromatic rings. The van der Waals surface area contributed by atoms with Crippen molar-refractivity contribution in [3.05, 3.63) is 29.8 Å². The number of hydrogen-bond acceptors (Lipinski definition) is 3. The van der Waals surface area contributed by atoms with Crippen LogP contribution in [0.5, 0.6) is 0 Å². The van der Waals surface area contributed by atoms with Crippen LogP contribution >= 0.6 is 0 Å². The molecule has 0 amide bonds. The number of aromatic nitrogens is 1. The number of pyridine rings is 1. The highest BCUT2D eigenvalue weighted by atomic mass is 19.1. The van der Waals surface area contributed by atoms with E-state index < -0.39 is 5.82 Å². The number of Topliss-reactive ketones (excluding diaryl/α,β-unsaturated/α-hetero) is 1. The molecule has 0 aromatic carbocycles. The summed E-state index contributed by atoms with van der Waals surface area (Å²) < 4.78 is 17.9. The van der Waals surface area contributed by atoms with Gasteiger partial charge in [-0.25, -0.2) is 4.39 Å². The van der Waals surface area contributed by atoms with Gasteiger partial charge in [-0.2, -0.15) is 0 Å². The van der Waals surface area contributed by atoms with Gasteiger partial charge in [0.1, 0.15) is 5.82 Å². The van der Waals surface area contributed by atoms with Crippen LogP contribution in [0.4, 0.5) is 4.39 Å². The van der Waals surface area contributed by atoms with Crippen molar-refractivity contribution in [1.82, 2.24) is 4.98 Å². The van der Waals surface area contributed by atoms with Crippen LogP contribution in [0, 0.1) is 5.82 Å². The van der Waals surface area contributed by atoms with E-state index in [0.29, 0.717) is 18.8 Å². The normalized spacial score (nSPS) is 10.3. The molecule has 4 heteroatoms. The molecule has 0 spiro atoms. The molecule has 0 bridgehead atoms. The van der Waals surface area contributed by atoms with Gasteiger partial charge in [-0.1, -0.05) is 6.92 Å². The minimum Gasteiger partial charge on any atom is -0.381 e. The van der Waals surface area contributed by atoms with E-state index in [0.717, 1.165) is 12.6 Å². The van der Waals surface area contributed by atoms with Gasteiger partial charge < -0.3 is 4.74 Å². The van der Waals surface area contributed by atoms with Gasteiger partial charge in [-0.3, -0.25) is 9.78 Å². The maximum atomic E-state index is 12.7. The predicted molar refractivity (Wildman–Crippen MR) is 54.3 cm³/mol. The Morgan fingerprint density at radius 3 is 2.93 bits per heavy atom. The van der Waals surface area contributed by atoms with Gasteiger partial charge in [0.05, 0.1) is 12.8 Å². The molecule has 0 radical (unpaired) electrons. The van der Waals surface area contributed by atoms with Crippen LogP contribution in [0.1, 0.15) is 30.1 Å². The number of ketones is 1. The van der Waals surface area contributed by atoms with E-state index in [-0.39, 0.29) is 12.2 Å². The third-order valence-electron chi connectivity index (χ3n) is 1.85. The molecule has 15 heavy (non-hydrogen) atoms. The Balaban J connectivity index is 2.40. The third-order valence-corrected chi connectivity index (χ3v) is 1.85. The largest absolute Gasteiger partial charge is 0.381 e. The van der Waals surface area contributed by atoms with Crippen LogP contribution in [0.25, 0.3) is 0 Å². The molecule has 0 fully saturated rings. The summed E-state index contributed by atoms with van der Waals surface area (Å²) in [5, 5.41) is 0. The Kier molecular flexibility index (Phi) is 4.90. The second-order valence-electron chi connectivity index (χ2n) is 3.18. The Bertz CT molecular complexity index is 328. The second-order valence-corrected chi connectivity index (χ2v) is 3.18. The van der Waals surface area contributed by atoms with Crippen LogP contribution in [-0.2, 0) is 4.74 Å². The molecule has 82 valence electrons. The van der Waals surface area contributed by atoms with Crippen LogP contribution in [0.15, 0.2) is 18.5 Å². The zero-order valence-electron chi connectivity index (χ0n) is 8.70. The number of hydrogen-bond donors (Lipinski definition) is 0. The summed E-state index contributed by atoms with van der Waals surface area (Å²) in [6.07, 6.45) is 3.64. The van der Waals surface area contributed by atoms with Crippen molar-refractivity contribution < 1.29 is 13.9 Å². The first-order chi connectivity index (χ1) is 7.24. The van der Waals surface area contributed by atoms with E-state index >= 15 is 0 Å². The van der Waals surface area contributed by atoms with E-state index in [9.17, 15) is 9.18 Å². The molecule has 0 aliphatic carbocycles. The summed E-state index contributed by atoms with van der Waals surface area (Å²) in [4.78, 5) is 15.1. The van der Waals surface area contributed by atoms with Crippen molar-refractivity contribution in [2.45, 2.75) is 19.8 Å². The highest BCUT2D eigenvalue weighted by molar-refractivity contribution is 5.95. The quantitative estimate of drug-likeness (QED) is 0.535. The summed E-state index contributed by atoms with van der Waals surface area (Å²) in [5.41, 5.74) is 0.301. The Labute approximate surface area is 88.3 Å². The number of ether oxygens (including phenoxy) is 1. The summed E-state index contributed by atoms with van der Waals surface area (Å²) in [7, 11) is 0. The average molecular weight is 211 g/mol. The molecule has 1 rings (SSSR count). The lowest BCUT2D eigenvalue weighted by molar-refractivity contribution is 0.0878. The third kappa shape index (κ3) is 4.16. The minimum absolute atomic E-state index is 0.141. The number of nitrogens with zero attached hydrogens (tertiary/aromatic N) is 1. The number of carbonyl (C=O) groups excluding carboxylic acids is 1. The lowest BCUT2D eigenvalue weighted by Crippen LogP contribution is -2.06. The van der Waals surface area contributed by atoms with E-state index in [1.165, 1.54) is 12.3 Å². The summed E-state index contributed by atoms with van der Waals surface area (Å²) >= 11 is 0. The molecule has 1 heterocycles. The highest BCUT2D eigenvalue weighted by Crippen LogP contribution is 2.04. The van der Waals surface area contributed by atoms with E-state index in [2.05, 4.69) is 4.98 Å². The fourth-order valence-corrected chi connectivity index (χ4v) is 1.12. The molecule has 1 aromatic heterocycles. The van der Waals surface area contributed by atoms with Gasteiger partial charge in [0.2, 0.25) is 0 Å². The molecule has 0 saturated carbocycles. The lowest BCUT2D eigenvalue weighted by atomic mass is 10.1. The average Bonchev–Trinajstić information content (AvgIpc) is 2.24. The van der Waals surface area contributed by atoms with Crippen LogP contribution in [0.2, 0.25) is 0 Å². The zero-order chi connectivity index (χ0) is 11.1. The molecule has 0 N–H and O–H groups in total. The van der Waals surface area contributed by atoms with E-state index in [1.807, 2.05) is 6.92 Å². The smallest absolute Gasteiger partial charge is 0.166 e. The van der Waals surface area contributed by atoms with Crippen molar-refractivity contribution in [2.24, 2.45) is 0 Å². The molecule has 0 aliphatic heterocycles. The SMILES string of the molecule is CCCOCCC(=O)c1cncc(F)c1. The number of halogens is 1. The predicted octanol–water partition coefficient (Wildman–Crippen LogP) is 2.22. The monoisotopic (exact) mass is 211 g/mol. The fourth-order valence-electron chi connectivity index (χ4n) is 1.12. The summed E-state index contributed by atoms with van der Waals surface area (Å²) in [6.45, 7) is 3.02. The van der Waals surface area contributed by atoms with Gasteiger partial charge in [0, 0.05) is 24.8 Å². The van der Waals surface area contributed by atoms with Gasteiger partial charge in [0.15, 0.2) is 5.78 Å². The zero-order valence-corrected chi connectivity index (χ0v) is 8.70. The van der Waals surface area contributed by atoms with Crippen LogP contribution in [0.3, 0.4) is 0 Å². The first kappa shape index (κ1) is 11.8. The maximum Gasteiger partial charge on any atom is 0.166 e. The second kappa shape index (κ2) is 6.24. The molecular weight excluding hydrogens is 197 g/mol. The van der Waals surface area contributed by atoms with Crippen LogP contribution in [-0.4, -0.2) is 24.0 Å². The Morgan fingerprint density at radius 2 is 2.27 bits per heavy atom. The first-order valence-electron chi connectivity index (χ1n) is 4.95. The van der Waals surface area contributed by atoms with Crippen molar-refractivity contribution in [3.8, 4) is 0 Å². The van der Waals surface area contributed by atoms with Gasteiger partial charge in [-0.15, -0.1) is 0 Å². The van der Waals surface area contributed by atoms with Gasteiger partial charge in [-0.05, 0) is 12.5 Å². The molecular formula is C11H14FNO2. The van der Waals surface area contributed by atoms with Crippen molar-refractivity contribution in [1.29, 1.82) is 0 Å².